The van der Waals surface area contributed by atoms with Gasteiger partial charge in [0.15, 0.2) is 9.84 Å². The Labute approximate surface area is 162 Å². The fourth-order valence-electron chi connectivity index (χ4n) is 2.91. The van der Waals surface area contributed by atoms with Crippen molar-refractivity contribution in [3.63, 3.8) is 0 Å². The van der Waals surface area contributed by atoms with Crippen LogP contribution in [0.5, 0.6) is 0 Å². The molecule has 1 aromatic heterocycles. The predicted octanol–water partition coefficient (Wildman–Crippen LogP) is 3.31. The fraction of sp³-hybridized carbons (Fsp3) is 0.238. The number of aryl methyl sites for hydroxylation is 2. The number of carbonyl (C=O) groups excluding carboxylic acids is 1. The van der Waals surface area contributed by atoms with Gasteiger partial charge in [0, 0.05) is 23.3 Å². The molecule has 6 nitrogen and oxygen atoms in total. The Bertz CT molecular complexity index is 1200. The van der Waals surface area contributed by atoms with Crippen LogP contribution in [-0.4, -0.2) is 20.6 Å². The molecular formula is C21H20O6S. The molecule has 0 radical (unpaired) electrons. The molecule has 7 heteroatoms. The molecule has 0 spiro atoms. The number of rotatable bonds is 5. The van der Waals surface area contributed by atoms with Crippen LogP contribution in [-0.2, 0) is 26.9 Å². The highest BCUT2D eigenvalue weighted by Crippen LogP contribution is 2.24. The second kappa shape index (κ2) is 7.59. The van der Waals surface area contributed by atoms with Crippen molar-refractivity contribution in [2.45, 2.75) is 26.2 Å². The average molecular weight is 400 g/mol. The van der Waals surface area contributed by atoms with Gasteiger partial charge in [-0.2, -0.15) is 0 Å². The molecule has 0 amide bonds. The van der Waals surface area contributed by atoms with E-state index in [9.17, 15) is 18.0 Å². The van der Waals surface area contributed by atoms with E-state index in [1.807, 2.05) is 26.0 Å². The summed E-state index contributed by atoms with van der Waals surface area (Å²) in [5.74, 6) is -0.650. The summed E-state index contributed by atoms with van der Waals surface area (Å²) in [6, 6.07) is 11.3. The van der Waals surface area contributed by atoms with Crippen molar-refractivity contribution >= 4 is 26.8 Å². The molecule has 0 saturated carbocycles. The van der Waals surface area contributed by atoms with Crippen molar-refractivity contribution in [1.82, 2.24) is 0 Å². The lowest BCUT2D eigenvalue weighted by atomic mass is 10.0. The van der Waals surface area contributed by atoms with Crippen LogP contribution in [0, 0.1) is 13.8 Å². The lowest BCUT2D eigenvalue weighted by molar-refractivity contribution is 0.0474. The standard InChI is InChI=1S/C21H20O6S/c1-13-4-9-18-17(10-19(22)27-20(18)14(13)2)11-26-21(23)16-7-5-15(6-8-16)12-28(3,24)25/h4-10H,11-12H2,1-3H3. The van der Waals surface area contributed by atoms with E-state index in [0.717, 1.165) is 22.8 Å². The van der Waals surface area contributed by atoms with E-state index in [0.29, 0.717) is 22.3 Å². The predicted molar refractivity (Wildman–Crippen MR) is 106 cm³/mol. The summed E-state index contributed by atoms with van der Waals surface area (Å²) in [7, 11) is -3.14. The molecule has 0 saturated heterocycles. The summed E-state index contributed by atoms with van der Waals surface area (Å²) in [6.07, 6.45) is 1.15. The monoisotopic (exact) mass is 400 g/mol. The molecular weight excluding hydrogens is 380 g/mol. The van der Waals surface area contributed by atoms with Crippen LogP contribution in [0.15, 0.2) is 51.7 Å². The van der Waals surface area contributed by atoms with E-state index in [1.165, 1.54) is 18.2 Å². The van der Waals surface area contributed by atoms with Crippen molar-refractivity contribution < 1.29 is 22.4 Å². The maximum Gasteiger partial charge on any atom is 0.338 e. The highest BCUT2D eigenvalue weighted by molar-refractivity contribution is 7.89. The van der Waals surface area contributed by atoms with Crippen molar-refractivity contribution in [3.8, 4) is 0 Å². The summed E-state index contributed by atoms with van der Waals surface area (Å²) in [5.41, 5.74) is 3.31. The number of fused-ring (bicyclic) bond motifs is 1. The smallest absolute Gasteiger partial charge is 0.338 e. The molecule has 0 N–H and O–H groups in total. The minimum atomic E-state index is -3.14. The first-order chi connectivity index (χ1) is 13.1. The number of carbonyl (C=O) groups is 1. The lowest BCUT2D eigenvalue weighted by Gasteiger charge is -2.10. The Morgan fingerprint density at radius 2 is 1.75 bits per heavy atom. The number of benzene rings is 2. The van der Waals surface area contributed by atoms with Gasteiger partial charge in [-0.25, -0.2) is 18.0 Å². The van der Waals surface area contributed by atoms with Crippen LogP contribution < -0.4 is 5.63 Å². The summed E-state index contributed by atoms with van der Waals surface area (Å²) in [4.78, 5) is 24.2. The maximum atomic E-state index is 12.3. The number of hydrogen-bond donors (Lipinski definition) is 0. The third-order valence-corrected chi connectivity index (χ3v) is 5.35. The average Bonchev–Trinajstić information content (AvgIpc) is 2.62. The molecule has 0 aliphatic heterocycles. The molecule has 0 aliphatic rings. The van der Waals surface area contributed by atoms with Crippen molar-refractivity contribution in [1.29, 1.82) is 0 Å². The minimum Gasteiger partial charge on any atom is -0.457 e. The molecule has 0 bridgehead atoms. The Hall–Kier alpha value is -2.93. The molecule has 0 atom stereocenters. The zero-order valence-electron chi connectivity index (χ0n) is 15.8. The van der Waals surface area contributed by atoms with E-state index in [1.54, 1.807) is 12.1 Å². The van der Waals surface area contributed by atoms with Gasteiger partial charge in [0.25, 0.3) is 0 Å². The van der Waals surface area contributed by atoms with Gasteiger partial charge < -0.3 is 9.15 Å². The SMILES string of the molecule is Cc1ccc2c(COC(=O)c3ccc(CS(C)(=O)=O)cc3)cc(=O)oc2c1C. The van der Waals surface area contributed by atoms with Gasteiger partial charge in [0.05, 0.1) is 11.3 Å². The normalized spacial score (nSPS) is 11.5. The number of esters is 1. The van der Waals surface area contributed by atoms with Crippen molar-refractivity contribution in [2.24, 2.45) is 0 Å². The molecule has 0 fully saturated rings. The summed E-state index contributed by atoms with van der Waals surface area (Å²) in [5, 5.41) is 0.721. The Kier molecular flexibility index (Phi) is 5.38. The van der Waals surface area contributed by atoms with E-state index in [2.05, 4.69) is 0 Å². The first-order valence-electron chi connectivity index (χ1n) is 8.61. The molecule has 1 heterocycles. The molecule has 0 unspecified atom stereocenters. The van der Waals surface area contributed by atoms with Gasteiger partial charge in [-0.1, -0.05) is 24.3 Å². The Balaban J connectivity index is 1.80. The summed E-state index contributed by atoms with van der Waals surface area (Å²) >= 11 is 0. The molecule has 28 heavy (non-hydrogen) atoms. The number of ether oxygens (including phenoxy) is 1. The van der Waals surface area contributed by atoms with Gasteiger partial charge >= 0.3 is 11.6 Å². The maximum absolute atomic E-state index is 12.3. The molecule has 3 rings (SSSR count). The van der Waals surface area contributed by atoms with Crippen LogP contribution in [0.2, 0.25) is 0 Å². The van der Waals surface area contributed by atoms with Gasteiger partial charge in [-0.3, -0.25) is 0 Å². The van der Waals surface area contributed by atoms with Gasteiger partial charge in [0.1, 0.15) is 12.2 Å². The zero-order chi connectivity index (χ0) is 20.5. The molecule has 0 aliphatic carbocycles. The van der Waals surface area contributed by atoms with E-state index in [-0.39, 0.29) is 12.4 Å². The van der Waals surface area contributed by atoms with Gasteiger partial charge in [-0.15, -0.1) is 0 Å². The lowest BCUT2D eigenvalue weighted by Crippen LogP contribution is -2.09. The van der Waals surface area contributed by atoms with Crippen molar-refractivity contribution in [2.75, 3.05) is 6.26 Å². The first-order valence-corrected chi connectivity index (χ1v) is 10.7. The Morgan fingerprint density at radius 1 is 1.07 bits per heavy atom. The van der Waals surface area contributed by atoms with Crippen LogP contribution in [0.4, 0.5) is 0 Å². The van der Waals surface area contributed by atoms with Crippen LogP contribution in [0.25, 0.3) is 11.0 Å². The quantitative estimate of drug-likeness (QED) is 0.482. The third kappa shape index (κ3) is 4.48. The second-order valence-electron chi connectivity index (χ2n) is 6.82. The molecule has 3 aromatic rings. The highest BCUT2D eigenvalue weighted by atomic mass is 32.2. The van der Waals surface area contributed by atoms with Crippen LogP contribution >= 0.6 is 0 Å². The second-order valence-corrected chi connectivity index (χ2v) is 8.96. The fourth-order valence-corrected chi connectivity index (χ4v) is 3.71. The van der Waals surface area contributed by atoms with Crippen molar-refractivity contribution in [3.05, 3.63) is 80.7 Å². The van der Waals surface area contributed by atoms with Crippen LogP contribution in [0.1, 0.15) is 32.6 Å². The topological polar surface area (TPSA) is 90.7 Å². The van der Waals surface area contributed by atoms with Gasteiger partial charge in [-0.05, 0) is 42.7 Å². The molecule has 146 valence electrons. The first kappa shape index (κ1) is 19.8. The minimum absolute atomic E-state index is 0.0749. The van der Waals surface area contributed by atoms with E-state index < -0.39 is 21.4 Å². The highest BCUT2D eigenvalue weighted by Gasteiger charge is 2.13. The summed E-state index contributed by atoms with van der Waals surface area (Å²) < 4.78 is 33.3. The summed E-state index contributed by atoms with van der Waals surface area (Å²) in [6.45, 7) is 3.72. The van der Waals surface area contributed by atoms with Crippen LogP contribution in [0.3, 0.4) is 0 Å². The van der Waals surface area contributed by atoms with Gasteiger partial charge in [0.2, 0.25) is 0 Å². The zero-order valence-corrected chi connectivity index (χ0v) is 16.6. The molecule has 2 aromatic carbocycles. The Morgan fingerprint density at radius 3 is 2.39 bits per heavy atom. The number of hydrogen-bond acceptors (Lipinski definition) is 6. The largest absolute Gasteiger partial charge is 0.457 e. The number of sulfone groups is 1. The van der Waals surface area contributed by atoms with E-state index in [4.69, 9.17) is 9.15 Å². The third-order valence-electron chi connectivity index (χ3n) is 4.49. The van der Waals surface area contributed by atoms with E-state index >= 15 is 0 Å².